The van der Waals surface area contributed by atoms with Gasteiger partial charge in [-0.3, -0.25) is 9.69 Å². The molecule has 2 heterocycles. The number of amides is 1. The predicted molar refractivity (Wildman–Crippen MR) is 259 cm³/mol. The highest BCUT2D eigenvalue weighted by Gasteiger charge is 2.68. The summed E-state index contributed by atoms with van der Waals surface area (Å²) in [5.74, 6) is -0.618. The number of nitrogens with zero attached hydrogens (tertiary/aromatic N) is 3. The van der Waals surface area contributed by atoms with E-state index in [0.717, 1.165) is 81.4 Å². The molecule has 6 aliphatic rings. The van der Waals surface area contributed by atoms with Crippen molar-refractivity contribution in [3.63, 3.8) is 0 Å². The maximum atomic E-state index is 14.2. The molecule has 2 aliphatic heterocycles. The molecule has 5 fully saturated rings. The number of piperidine rings is 1. The maximum Gasteiger partial charge on any atom is 0.501 e. The fourth-order valence-corrected chi connectivity index (χ4v) is 14.2. The Hall–Kier alpha value is -3.61. The number of methoxy groups -OCH3 is 1. The normalized spacial score (nSPS) is 24.4. The summed E-state index contributed by atoms with van der Waals surface area (Å²) in [5, 5.41) is 3.03. The van der Waals surface area contributed by atoms with Crippen molar-refractivity contribution < 1.29 is 39.5 Å². The Kier molecular flexibility index (Phi) is 14.6. The lowest BCUT2D eigenvalue weighted by Crippen LogP contribution is -2.63. The van der Waals surface area contributed by atoms with E-state index in [-0.39, 0.29) is 17.4 Å². The molecule has 1 amide bonds. The molecular weight excluding hydrogens is 920 g/mol. The number of thioether (sulfide) groups is 1. The number of ether oxygens (including phenoxy) is 1. The van der Waals surface area contributed by atoms with Gasteiger partial charge in [0.25, 0.3) is 25.8 Å². The zero-order valence-electron chi connectivity index (χ0n) is 39.2. The quantitative estimate of drug-likeness (QED) is 0.0935. The lowest BCUT2D eigenvalue weighted by molar-refractivity contribution is -0.182. The number of likely N-dealkylation sites (tertiary alicyclic amines) is 1. The Balaban J connectivity index is 0.918. The van der Waals surface area contributed by atoms with Gasteiger partial charge in [0.05, 0.1) is 16.7 Å². The molecule has 4 aliphatic carbocycles. The van der Waals surface area contributed by atoms with Crippen LogP contribution in [0.4, 0.5) is 24.5 Å². The van der Waals surface area contributed by atoms with Crippen LogP contribution in [-0.4, -0.2) is 115 Å². The monoisotopic (exact) mass is 985 g/mol. The minimum Gasteiger partial charge on any atom is -0.381 e. The van der Waals surface area contributed by atoms with Crippen LogP contribution in [0.1, 0.15) is 95.3 Å². The number of carbonyl (C=O) groups excluding carboxylic acids is 1. The van der Waals surface area contributed by atoms with Crippen molar-refractivity contribution in [1.82, 2.24) is 14.5 Å². The molecule has 2 saturated heterocycles. The molecule has 9 rings (SSSR count). The number of halogens is 3. The van der Waals surface area contributed by atoms with E-state index in [2.05, 4.69) is 40.8 Å². The first-order valence-electron chi connectivity index (χ1n) is 23.7. The second-order valence-electron chi connectivity index (χ2n) is 20.5. The van der Waals surface area contributed by atoms with Gasteiger partial charge < -0.3 is 19.9 Å². The van der Waals surface area contributed by atoms with Gasteiger partial charge >= 0.3 is 5.51 Å². The van der Waals surface area contributed by atoms with Gasteiger partial charge in [-0.2, -0.15) is 13.2 Å². The van der Waals surface area contributed by atoms with Gasteiger partial charge in [-0.05, 0) is 129 Å². The van der Waals surface area contributed by atoms with Crippen molar-refractivity contribution >= 4 is 48.9 Å². The molecule has 17 heteroatoms. The Bertz CT molecular complexity index is 2490. The summed E-state index contributed by atoms with van der Waals surface area (Å²) in [7, 11) is -9.20. The molecule has 0 aromatic heterocycles. The summed E-state index contributed by atoms with van der Waals surface area (Å²) in [5.41, 5.74) is -0.378. The minimum atomic E-state index is -6.05. The molecule has 3 saturated carbocycles. The van der Waals surface area contributed by atoms with Crippen LogP contribution in [-0.2, 0) is 24.6 Å². The summed E-state index contributed by atoms with van der Waals surface area (Å²) >= 11 is 1.47. The third-order valence-electron chi connectivity index (χ3n) is 15.3. The number of hydrogen-bond donors (Lipinski definition) is 2. The highest BCUT2D eigenvalue weighted by Crippen LogP contribution is 2.79. The fraction of sp³-hybridized carbons (Fsp3) is 0.580. The van der Waals surface area contributed by atoms with Crippen LogP contribution >= 0.6 is 11.8 Å². The van der Waals surface area contributed by atoms with E-state index >= 15 is 0 Å². The lowest BCUT2D eigenvalue weighted by atomic mass is 9.31. The highest BCUT2D eigenvalue weighted by molar-refractivity contribution is 7.99. The second-order valence-corrected chi connectivity index (χ2v) is 25.2. The minimum absolute atomic E-state index is 0.0238. The number of nitrogens with one attached hydrogen (secondary N) is 2. The predicted octanol–water partition coefficient (Wildman–Crippen LogP) is 9.38. The van der Waals surface area contributed by atoms with E-state index in [1.165, 1.54) is 68.8 Å². The van der Waals surface area contributed by atoms with Crippen LogP contribution in [0.2, 0.25) is 0 Å². The van der Waals surface area contributed by atoms with Gasteiger partial charge in [-0.25, -0.2) is 21.6 Å². The third-order valence-corrected chi connectivity index (χ3v) is 19.3. The van der Waals surface area contributed by atoms with E-state index < -0.39 is 47.1 Å². The summed E-state index contributed by atoms with van der Waals surface area (Å²) in [4.78, 5) is 19.3. The number of rotatable bonds is 18. The van der Waals surface area contributed by atoms with Crippen LogP contribution in [0, 0.1) is 16.2 Å². The number of sulfonamides is 1. The van der Waals surface area contributed by atoms with Crippen molar-refractivity contribution in [2.75, 3.05) is 75.4 Å². The Labute approximate surface area is 399 Å². The number of hydrogen-bond acceptors (Lipinski definition) is 11. The van der Waals surface area contributed by atoms with Crippen molar-refractivity contribution in [2.45, 2.75) is 117 Å². The molecule has 366 valence electrons. The molecule has 2 N–H and O–H groups in total. The van der Waals surface area contributed by atoms with E-state index in [4.69, 9.17) is 4.74 Å². The highest BCUT2D eigenvalue weighted by atomic mass is 32.2. The topological polar surface area (TPSA) is 128 Å². The molecule has 0 spiro atoms. The van der Waals surface area contributed by atoms with Crippen LogP contribution in [0.5, 0.6) is 0 Å². The Morgan fingerprint density at radius 2 is 1.57 bits per heavy atom. The van der Waals surface area contributed by atoms with E-state index in [1.54, 1.807) is 30.4 Å². The van der Waals surface area contributed by atoms with Gasteiger partial charge in [0, 0.05) is 87.4 Å². The molecule has 1 atom stereocenters. The summed E-state index contributed by atoms with van der Waals surface area (Å²) in [6, 6.07) is 18.0. The van der Waals surface area contributed by atoms with E-state index in [1.807, 2.05) is 35.1 Å². The first-order chi connectivity index (χ1) is 31.7. The van der Waals surface area contributed by atoms with Gasteiger partial charge in [-0.1, -0.05) is 56.5 Å². The molecular formula is C50H66F3N5O6S3. The molecule has 3 aromatic rings. The number of allylic oxidation sites excluding steroid dienone is 1. The summed E-state index contributed by atoms with van der Waals surface area (Å²) in [6.07, 6.45) is 11.3. The van der Waals surface area contributed by atoms with Crippen molar-refractivity contribution in [2.24, 2.45) is 16.2 Å². The van der Waals surface area contributed by atoms with Crippen LogP contribution in [0.3, 0.4) is 0 Å². The number of piperazine rings is 1. The number of carbonyl (C=O) groups is 1. The molecule has 0 unspecified atom stereocenters. The molecule has 3 aromatic carbocycles. The number of benzene rings is 3. The zero-order valence-corrected chi connectivity index (χ0v) is 41.6. The van der Waals surface area contributed by atoms with Gasteiger partial charge in [0.1, 0.15) is 4.90 Å². The van der Waals surface area contributed by atoms with Crippen molar-refractivity contribution in [1.29, 1.82) is 0 Å². The third kappa shape index (κ3) is 11.1. The van der Waals surface area contributed by atoms with Crippen LogP contribution in [0.15, 0.2) is 98.6 Å². The SMILES string of the molecule is CCC12CC(C3=C(CN4CCN(c5ccc(C(=O)NS(=O)(=O)c6ccc(N[C@H](CCN7CCC(OC)CC7)CSc7ccccc7)c(S(=O)(=O)C(F)(F)F)c6)cc5)CC4)CCC(C)(C)C3)(C1)C2. The van der Waals surface area contributed by atoms with Gasteiger partial charge in [0.2, 0.25) is 0 Å². The van der Waals surface area contributed by atoms with Crippen LogP contribution < -0.4 is 14.9 Å². The Morgan fingerprint density at radius 1 is 0.896 bits per heavy atom. The second kappa shape index (κ2) is 19.6. The number of anilines is 2. The summed E-state index contributed by atoms with van der Waals surface area (Å²) < 4.78 is 104. The maximum absolute atomic E-state index is 14.2. The molecule has 67 heavy (non-hydrogen) atoms. The van der Waals surface area contributed by atoms with Gasteiger partial charge in [0.15, 0.2) is 0 Å². The first-order valence-corrected chi connectivity index (χ1v) is 27.7. The fourth-order valence-electron chi connectivity index (χ4n) is 11.2. The van der Waals surface area contributed by atoms with Crippen LogP contribution in [0.25, 0.3) is 0 Å². The first kappa shape index (κ1) is 49.8. The van der Waals surface area contributed by atoms with Crippen molar-refractivity contribution in [3.05, 3.63) is 89.5 Å². The number of alkyl halides is 3. The lowest BCUT2D eigenvalue weighted by Gasteiger charge is -2.73. The average Bonchev–Trinajstić information content (AvgIpc) is 3.27. The number of sulfone groups is 1. The summed E-state index contributed by atoms with van der Waals surface area (Å²) in [6.45, 7) is 13.7. The molecule has 2 bridgehead atoms. The molecule has 0 radical (unpaired) electrons. The van der Waals surface area contributed by atoms with E-state index in [9.17, 15) is 34.8 Å². The largest absolute Gasteiger partial charge is 0.501 e. The average molecular weight is 986 g/mol. The Morgan fingerprint density at radius 3 is 2.19 bits per heavy atom. The standard InChI is InChI=1S/C50H66F3N5O6S3/c1-5-48-33-49(34-48,35-48)43-30-47(2,3)21-17-37(43)31-57-25-27-58(28-26-57)39-13-11-36(12-14-39)46(59)55-67(62,63)42-15-16-44(45(29-42)66(60,61)50(51,52)53)54-38(32-65-41-9-7-6-8-10-41)18-22-56-23-19-40(64-4)20-24-56/h6-16,29,38,40,54H,5,17-28,30-35H2,1-4H3,(H,55,59)/t38-,48?,49?/m1/s1. The smallest absolute Gasteiger partial charge is 0.381 e. The van der Waals surface area contributed by atoms with E-state index in [0.29, 0.717) is 41.0 Å². The van der Waals surface area contributed by atoms with Crippen molar-refractivity contribution in [3.8, 4) is 0 Å². The van der Waals surface area contributed by atoms with Gasteiger partial charge in [-0.15, -0.1) is 11.8 Å². The molecule has 11 nitrogen and oxygen atoms in total. The zero-order chi connectivity index (χ0) is 47.8.